The van der Waals surface area contributed by atoms with Crippen LogP contribution in [-0.2, 0) is 6.54 Å². The molecule has 1 aromatic carbocycles. The van der Waals surface area contributed by atoms with E-state index in [4.69, 9.17) is 0 Å². The van der Waals surface area contributed by atoms with Crippen molar-refractivity contribution in [3.8, 4) is 0 Å². The number of rotatable bonds is 6. The van der Waals surface area contributed by atoms with E-state index in [0.717, 1.165) is 25.6 Å². The topological polar surface area (TPSA) is 46.1 Å². The number of piperazine rings is 3. The third-order valence-corrected chi connectivity index (χ3v) is 6.35. The highest BCUT2D eigenvalue weighted by molar-refractivity contribution is 14.0. The van der Waals surface area contributed by atoms with Crippen molar-refractivity contribution >= 4 is 29.9 Å². The van der Waals surface area contributed by atoms with Crippen molar-refractivity contribution in [3.05, 3.63) is 35.9 Å². The molecule has 0 aliphatic carbocycles. The Labute approximate surface area is 186 Å². The van der Waals surface area contributed by atoms with E-state index in [9.17, 15) is 0 Å². The van der Waals surface area contributed by atoms with E-state index in [1.807, 2.05) is 7.05 Å². The molecular weight excluding hydrogens is 463 g/mol. The molecule has 2 unspecified atom stereocenters. The maximum atomic E-state index is 4.45. The standard InChI is InChI=1S/C21H34N6.HI/c1-22-21(24-15-20-17-25-10-12-26(20)13-11-25)23-14-19-8-5-9-27(19)16-18-6-3-2-4-7-18;/h2-4,6-7,19-20H,5,8-17H2,1H3,(H2,22,23,24);1H. The number of nitrogens with zero attached hydrogens (tertiary/aromatic N) is 4. The molecule has 0 aromatic heterocycles. The van der Waals surface area contributed by atoms with Gasteiger partial charge in [0.1, 0.15) is 0 Å². The summed E-state index contributed by atoms with van der Waals surface area (Å²) >= 11 is 0. The molecule has 0 spiro atoms. The summed E-state index contributed by atoms with van der Waals surface area (Å²) in [5.41, 5.74) is 1.41. The zero-order valence-electron chi connectivity index (χ0n) is 17.0. The van der Waals surface area contributed by atoms with Crippen LogP contribution in [0, 0.1) is 0 Å². The van der Waals surface area contributed by atoms with Gasteiger partial charge in [0.15, 0.2) is 5.96 Å². The summed E-state index contributed by atoms with van der Waals surface area (Å²) in [7, 11) is 1.88. The van der Waals surface area contributed by atoms with Crippen LogP contribution in [0.15, 0.2) is 35.3 Å². The van der Waals surface area contributed by atoms with Gasteiger partial charge in [-0.2, -0.15) is 0 Å². The third kappa shape index (κ3) is 5.58. The Kier molecular flexibility index (Phi) is 8.37. The molecule has 4 saturated heterocycles. The number of hydrogen-bond acceptors (Lipinski definition) is 4. The zero-order valence-corrected chi connectivity index (χ0v) is 19.3. The number of guanidine groups is 1. The summed E-state index contributed by atoms with van der Waals surface area (Å²) in [6.07, 6.45) is 2.56. The number of nitrogens with one attached hydrogen (secondary N) is 2. The Balaban J connectivity index is 0.00000225. The molecule has 4 aliphatic heterocycles. The van der Waals surface area contributed by atoms with Gasteiger partial charge < -0.3 is 10.6 Å². The molecule has 28 heavy (non-hydrogen) atoms. The van der Waals surface area contributed by atoms with Crippen LogP contribution in [-0.4, -0.2) is 92.1 Å². The molecular formula is C21H35IN6. The summed E-state index contributed by atoms with van der Waals surface area (Å²) in [6.45, 7) is 10.3. The maximum Gasteiger partial charge on any atom is 0.191 e. The van der Waals surface area contributed by atoms with Crippen LogP contribution < -0.4 is 10.6 Å². The molecule has 2 bridgehead atoms. The monoisotopic (exact) mass is 498 g/mol. The van der Waals surface area contributed by atoms with E-state index in [1.54, 1.807) is 0 Å². The van der Waals surface area contributed by atoms with Crippen LogP contribution in [0.1, 0.15) is 18.4 Å². The van der Waals surface area contributed by atoms with Crippen molar-refractivity contribution in [1.82, 2.24) is 25.3 Å². The minimum absolute atomic E-state index is 0. The number of likely N-dealkylation sites (tertiary alicyclic amines) is 1. The molecule has 7 heteroatoms. The highest BCUT2D eigenvalue weighted by Gasteiger charge is 2.31. The van der Waals surface area contributed by atoms with E-state index in [1.165, 1.54) is 57.7 Å². The molecule has 1 aromatic rings. The van der Waals surface area contributed by atoms with Crippen molar-refractivity contribution in [2.75, 3.05) is 59.4 Å². The molecule has 0 radical (unpaired) electrons. The Hall–Kier alpha value is -0.900. The summed E-state index contributed by atoms with van der Waals surface area (Å²) in [5.74, 6) is 0.944. The van der Waals surface area contributed by atoms with Gasteiger partial charge in [-0.25, -0.2) is 0 Å². The van der Waals surface area contributed by atoms with Crippen molar-refractivity contribution in [2.24, 2.45) is 4.99 Å². The molecule has 4 heterocycles. The van der Waals surface area contributed by atoms with Crippen LogP contribution in [0.2, 0.25) is 0 Å². The lowest BCUT2D eigenvalue weighted by Gasteiger charge is -2.47. The fourth-order valence-electron chi connectivity index (χ4n) is 4.72. The minimum atomic E-state index is 0. The predicted octanol–water partition coefficient (Wildman–Crippen LogP) is 1.43. The Bertz CT molecular complexity index is 617. The second-order valence-electron chi connectivity index (χ2n) is 8.08. The Morgan fingerprint density at radius 2 is 1.71 bits per heavy atom. The summed E-state index contributed by atoms with van der Waals surface area (Å²) in [4.78, 5) is 12.3. The van der Waals surface area contributed by atoms with Gasteiger partial charge in [0.05, 0.1) is 0 Å². The van der Waals surface area contributed by atoms with E-state index in [0.29, 0.717) is 12.1 Å². The largest absolute Gasteiger partial charge is 0.355 e. The second-order valence-corrected chi connectivity index (χ2v) is 8.08. The van der Waals surface area contributed by atoms with Gasteiger partial charge in [-0.05, 0) is 24.9 Å². The highest BCUT2D eigenvalue weighted by atomic mass is 127. The number of benzene rings is 1. The zero-order chi connectivity index (χ0) is 18.5. The fraction of sp³-hybridized carbons (Fsp3) is 0.667. The first-order valence-corrected chi connectivity index (χ1v) is 10.5. The smallest absolute Gasteiger partial charge is 0.191 e. The maximum absolute atomic E-state index is 4.45. The fourth-order valence-corrected chi connectivity index (χ4v) is 4.72. The Morgan fingerprint density at radius 3 is 2.36 bits per heavy atom. The van der Waals surface area contributed by atoms with Gasteiger partial charge in [-0.1, -0.05) is 30.3 Å². The summed E-state index contributed by atoms with van der Waals surface area (Å²) < 4.78 is 0. The van der Waals surface area contributed by atoms with Crippen LogP contribution in [0.5, 0.6) is 0 Å². The lowest BCUT2D eigenvalue weighted by atomic mass is 10.1. The summed E-state index contributed by atoms with van der Waals surface area (Å²) in [6, 6.07) is 12.0. The number of hydrogen-bond donors (Lipinski definition) is 2. The van der Waals surface area contributed by atoms with Gasteiger partial charge in [0, 0.05) is 71.5 Å². The van der Waals surface area contributed by atoms with E-state index < -0.39 is 0 Å². The average molecular weight is 498 g/mol. The van der Waals surface area contributed by atoms with Gasteiger partial charge in [0.2, 0.25) is 0 Å². The van der Waals surface area contributed by atoms with Crippen LogP contribution in [0.25, 0.3) is 0 Å². The highest BCUT2D eigenvalue weighted by Crippen LogP contribution is 2.19. The molecule has 2 atom stereocenters. The first-order valence-electron chi connectivity index (χ1n) is 10.5. The molecule has 2 N–H and O–H groups in total. The molecule has 5 rings (SSSR count). The molecule has 0 saturated carbocycles. The lowest BCUT2D eigenvalue weighted by molar-refractivity contribution is 0.0154. The lowest BCUT2D eigenvalue weighted by Crippen LogP contribution is -2.64. The predicted molar refractivity (Wildman–Crippen MR) is 126 cm³/mol. The van der Waals surface area contributed by atoms with Crippen molar-refractivity contribution < 1.29 is 0 Å². The quantitative estimate of drug-likeness (QED) is 0.353. The first kappa shape index (κ1) is 21.8. The van der Waals surface area contributed by atoms with Gasteiger partial charge >= 0.3 is 0 Å². The van der Waals surface area contributed by atoms with E-state index >= 15 is 0 Å². The minimum Gasteiger partial charge on any atom is -0.355 e. The number of aliphatic imine (C=N–C) groups is 1. The number of fused-ring (bicyclic) bond motifs is 3. The van der Waals surface area contributed by atoms with Gasteiger partial charge in [-0.3, -0.25) is 19.7 Å². The van der Waals surface area contributed by atoms with E-state index in [2.05, 4.69) is 60.7 Å². The van der Waals surface area contributed by atoms with Gasteiger partial charge in [-0.15, -0.1) is 24.0 Å². The first-order chi connectivity index (χ1) is 13.3. The number of halogens is 1. The van der Waals surface area contributed by atoms with Crippen molar-refractivity contribution in [2.45, 2.75) is 31.5 Å². The summed E-state index contributed by atoms with van der Waals surface area (Å²) in [5, 5.41) is 7.14. The van der Waals surface area contributed by atoms with Crippen molar-refractivity contribution in [3.63, 3.8) is 0 Å². The van der Waals surface area contributed by atoms with Gasteiger partial charge in [0.25, 0.3) is 0 Å². The second kappa shape index (κ2) is 10.8. The van der Waals surface area contributed by atoms with Crippen LogP contribution >= 0.6 is 24.0 Å². The third-order valence-electron chi connectivity index (χ3n) is 6.35. The average Bonchev–Trinajstić information content (AvgIpc) is 3.17. The van der Waals surface area contributed by atoms with Crippen LogP contribution in [0.3, 0.4) is 0 Å². The SMILES string of the molecule is CN=C(NCC1CN2CCN1CC2)NCC1CCCN1Cc1ccccc1.I. The van der Waals surface area contributed by atoms with Crippen molar-refractivity contribution in [1.29, 1.82) is 0 Å². The molecule has 156 valence electrons. The normalized spacial score (nSPS) is 30.1. The van der Waals surface area contributed by atoms with E-state index in [-0.39, 0.29) is 24.0 Å². The molecule has 6 nitrogen and oxygen atoms in total. The van der Waals surface area contributed by atoms with Crippen LogP contribution in [0.4, 0.5) is 0 Å². The molecule has 4 aliphatic rings. The molecule has 4 fully saturated rings. The Morgan fingerprint density at radius 1 is 1.00 bits per heavy atom. The molecule has 0 amide bonds.